The molecule has 0 aliphatic heterocycles. The van der Waals surface area contributed by atoms with Crippen LogP contribution in [0.15, 0.2) is 18.2 Å². The van der Waals surface area contributed by atoms with Gasteiger partial charge in [0.2, 0.25) is 0 Å². The molecule has 0 unspecified atom stereocenters. The predicted octanol–water partition coefficient (Wildman–Crippen LogP) is 1.57. The van der Waals surface area contributed by atoms with Gasteiger partial charge in [0.15, 0.2) is 0 Å². The van der Waals surface area contributed by atoms with E-state index in [9.17, 15) is 9.90 Å². The quantitative estimate of drug-likeness (QED) is 0.682. The van der Waals surface area contributed by atoms with Crippen LogP contribution in [0, 0.1) is 0 Å². The smallest absolute Gasteiger partial charge is 0.405 e. The van der Waals surface area contributed by atoms with Crippen LogP contribution in [0.5, 0.6) is 0 Å². The molecule has 0 aromatic heterocycles. The molecule has 4 nitrogen and oxygen atoms in total. The summed E-state index contributed by atoms with van der Waals surface area (Å²) >= 11 is 5.95. The lowest BCUT2D eigenvalue weighted by molar-refractivity contribution is 0.131. The van der Waals surface area contributed by atoms with Crippen LogP contribution in [0.25, 0.3) is 0 Å². The number of aliphatic hydroxyl groups is 1. The number of carboxylic acid groups (broad SMARTS) is 1. The normalized spacial score (nSPS) is 23.6. The highest BCUT2D eigenvalue weighted by Gasteiger charge is 2.33. The van der Waals surface area contributed by atoms with E-state index >= 15 is 0 Å². The molecule has 5 heteroatoms. The zero-order valence-corrected chi connectivity index (χ0v) is 8.53. The van der Waals surface area contributed by atoms with Crippen molar-refractivity contribution in [3.63, 3.8) is 0 Å². The van der Waals surface area contributed by atoms with E-state index in [0.29, 0.717) is 11.4 Å². The van der Waals surface area contributed by atoms with Gasteiger partial charge in [0.25, 0.3) is 0 Å². The van der Waals surface area contributed by atoms with Crippen molar-refractivity contribution >= 4 is 17.7 Å². The van der Waals surface area contributed by atoms with Gasteiger partial charge in [-0.05, 0) is 17.2 Å². The number of nitrogens with one attached hydrogen (secondary N) is 1. The van der Waals surface area contributed by atoms with Gasteiger partial charge in [-0.2, -0.15) is 0 Å². The Morgan fingerprint density at radius 2 is 2.27 bits per heavy atom. The standard InChI is InChI=1S/C10H10ClNO3/c11-7-3-1-2-5-6(7)4-8(13)9(5)12-10(14)15/h1-3,8-9,12-13H,4H2,(H,14,15)/t8-,9+/m1/s1. The number of fused-ring (bicyclic) bond motifs is 1. The van der Waals surface area contributed by atoms with Gasteiger partial charge >= 0.3 is 6.09 Å². The molecule has 15 heavy (non-hydrogen) atoms. The largest absolute Gasteiger partial charge is 0.465 e. The molecule has 2 rings (SSSR count). The highest BCUT2D eigenvalue weighted by Crippen LogP contribution is 2.35. The van der Waals surface area contributed by atoms with Crippen molar-refractivity contribution in [3.05, 3.63) is 34.3 Å². The van der Waals surface area contributed by atoms with E-state index in [-0.39, 0.29) is 0 Å². The maximum Gasteiger partial charge on any atom is 0.405 e. The van der Waals surface area contributed by atoms with E-state index in [4.69, 9.17) is 16.7 Å². The van der Waals surface area contributed by atoms with Crippen molar-refractivity contribution in [1.82, 2.24) is 5.32 Å². The van der Waals surface area contributed by atoms with E-state index in [1.165, 1.54) is 0 Å². The first kappa shape index (κ1) is 10.3. The minimum Gasteiger partial charge on any atom is -0.465 e. The summed E-state index contributed by atoms with van der Waals surface area (Å²) in [5.41, 5.74) is 1.59. The second-order valence-electron chi connectivity index (χ2n) is 3.51. The predicted molar refractivity (Wildman–Crippen MR) is 55.1 cm³/mol. The van der Waals surface area contributed by atoms with Crippen molar-refractivity contribution < 1.29 is 15.0 Å². The molecule has 1 aromatic rings. The molecule has 80 valence electrons. The average molecular weight is 228 g/mol. The first-order chi connectivity index (χ1) is 7.09. The third-order valence-corrected chi connectivity index (χ3v) is 2.92. The lowest BCUT2D eigenvalue weighted by atomic mass is 10.1. The lowest BCUT2D eigenvalue weighted by Crippen LogP contribution is -2.32. The van der Waals surface area contributed by atoms with Crippen LogP contribution in [-0.2, 0) is 6.42 Å². The lowest BCUT2D eigenvalue weighted by Gasteiger charge is -2.15. The number of benzene rings is 1. The first-order valence-electron chi connectivity index (χ1n) is 4.54. The van der Waals surface area contributed by atoms with Gasteiger partial charge < -0.3 is 15.5 Å². The zero-order valence-electron chi connectivity index (χ0n) is 7.77. The molecule has 0 bridgehead atoms. The molecule has 0 spiro atoms. The Morgan fingerprint density at radius 1 is 1.53 bits per heavy atom. The molecule has 2 atom stereocenters. The summed E-state index contributed by atoms with van der Waals surface area (Å²) in [5.74, 6) is 0. The van der Waals surface area contributed by atoms with Crippen LogP contribution in [-0.4, -0.2) is 22.4 Å². The molecule has 1 aliphatic carbocycles. The van der Waals surface area contributed by atoms with Crippen molar-refractivity contribution in [2.75, 3.05) is 0 Å². The molecule has 0 fully saturated rings. The molecule has 1 aliphatic rings. The third-order valence-electron chi connectivity index (χ3n) is 2.57. The second-order valence-corrected chi connectivity index (χ2v) is 3.91. The Kier molecular flexibility index (Phi) is 2.54. The maximum atomic E-state index is 10.5. The van der Waals surface area contributed by atoms with Crippen molar-refractivity contribution in [1.29, 1.82) is 0 Å². The second kappa shape index (κ2) is 3.72. The number of halogens is 1. The monoisotopic (exact) mass is 227 g/mol. The molecule has 0 saturated heterocycles. The van der Waals surface area contributed by atoms with Gasteiger partial charge in [-0.15, -0.1) is 0 Å². The number of carbonyl (C=O) groups is 1. The SMILES string of the molecule is O=C(O)N[C@H]1c2cccc(Cl)c2C[C@H]1O. The Balaban J connectivity index is 2.37. The van der Waals surface area contributed by atoms with Crippen LogP contribution < -0.4 is 5.32 Å². The number of aliphatic hydroxyl groups excluding tert-OH is 1. The van der Waals surface area contributed by atoms with Gasteiger partial charge in [0, 0.05) is 11.4 Å². The maximum absolute atomic E-state index is 10.5. The van der Waals surface area contributed by atoms with E-state index in [2.05, 4.69) is 5.32 Å². The third kappa shape index (κ3) is 1.78. The molecule has 0 saturated carbocycles. The van der Waals surface area contributed by atoms with E-state index in [1.54, 1.807) is 18.2 Å². The Morgan fingerprint density at radius 3 is 2.93 bits per heavy atom. The van der Waals surface area contributed by atoms with Crippen LogP contribution in [0.3, 0.4) is 0 Å². The highest BCUT2D eigenvalue weighted by molar-refractivity contribution is 6.31. The fourth-order valence-electron chi connectivity index (χ4n) is 1.92. The number of hydrogen-bond acceptors (Lipinski definition) is 2. The molecular formula is C10H10ClNO3. The van der Waals surface area contributed by atoms with Crippen LogP contribution >= 0.6 is 11.6 Å². The van der Waals surface area contributed by atoms with Crippen molar-refractivity contribution in [3.8, 4) is 0 Å². The van der Waals surface area contributed by atoms with E-state index < -0.39 is 18.2 Å². The van der Waals surface area contributed by atoms with E-state index in [1.807, 2.05) is 0 Å². The van der Waals surface area contributed by atoms with Crippen molar-refractivity contribution in [2.24, 2.45) is 0 Å². The van der Waals surface area contributed by atoms with Crippen LogP contribution in [0.2, 0.25) is 5.02 Å². The van der Waals surface area contributed by atoms with Crippen LogP contribution in [0.1, 0.15) is 17.2 Å². The Labute approximate surface area is 91.5 Å². The number of hydrogen-bond donors (Lipinski definition) is 3. The molecule has 3 N–H and O–H groups in total. The molecule has 1 aromatic carbocycles. The number of amides is 1. The fraction of sp³-hybridized carbons (Fsp3) is 0.300. The zero-order chi connectivity index (χ0) is 11.0. The van der Waals surface area contributed by atoms with Gasteiger partial charge in [0.05, 0.1) is 12.1 Å². The highest BCUT2D eigenvalue weighted by atomic mass is 35.5. The van der Waals surface area contributed by atoms with Gasteiger partial charge in [-0.25, -0.2) is 4.79 Å². The summed E-state index contributed by atoms with van der Waals surface area (Å²) in [6.45, 7) is 0. The summed E-state index contributed by atoms with van der Waals surface area (Å²) in [6.07, 6.45) is -1.50. The summed E-state index contributed by atoms with van der Waals surface area (Å²) in [7, 11) is 0. The molecular weight excluding hydrogens is 218 g/mol. The molecule has 0 heterocycles. The van der Waals surface area contributed by atoms with Gasteiger partial charge in [-0.3, -0.25) is 0 Å². The molecule has 1 amide bonds. The topological polar surface area (TPSA) is 69.6 Å². The van der Waals surface area contributed by atoms with Crippen LogP contribution in [0.4, 0.5) is 4.79 Å². The summed E-state index contributed by atoms with van der Waals surface area (Å²) < 4.78 is 0. The minimum atomic E-state index is -1.15. The van der Waals surface area contributed by atoms with Gasteiger partial charge in [0.1, 0.15) is 0 Å². The average Bonchev–Trinajstić information content (AvgIpc) is 2.45. The summed E-state index contributed by atoms with van der Waals surface area (Å²) in [6, 6.07) is 4.68. The summed E-state index contributed by atoms with van der Waals surface area (Å²) in [4.78, 5) is 10.5. The Bertz CT molecular complexity index is 408. The molecule has 0 radical (unpaired) electrons. The Hall–Kier alpha value is -1.26. The number of rotatable bonds is 1. The van der Waals surface area contributed by atoms with E-state index in [0.717, 1.165) is 11.1 Å². The first-order valence-corrected chi connectivity index (χ1v) is 4.92. The van der Waals surface area contributed by atoms with Gasteiger partial charge in [-0.1, -0.05) is 23.7 Å². The fourth-order valence-corrected chi connectivity index (χ4v) is 2.18. The summed E-state index contributed by atoms with van der Waals surface area (Å²) in [5, 5.41) is 21.2. The van der Waals surface area contributed by atoms with Crippen molar-refractivity contribution in [2.45, 2.75) is 18.6 Å². The minimum absolute atomic E-state index is 0.389.